The first kappa shape index (κ1) is 17.2. The Morgan fingerprint density at radius 2 is 1.62 bits per heavy atom. The van der Waals surface area contributed by atoms with Crippen LogP contribution in [-0.2, 0) is 11.3 Å². The molecular weight excluding hydrogens is 257 g/mol. The number of hydrogen-bond donors (Lipinski definition) is 0. The van der Waals surface area contributed by atoms with Crippen molar-refractivity contribution in [2.45, 2.75) is 13.5 Å². The zero-order chi connectivity index (χ0) is 14.2. The van der Waals surface area contributed by atoms with Crippen LogP contribution in [0.15, 0.2) is 60.7 Å². The summed E-state index contributed by atoms with van der Waals surface area (Å²) in [7, 11) is 0. The van der Waals surface area contributed by atoms with Crippen molar-refractivity contribution < 1.29 is 28.4 Å². The van der Waals surface area contributed by atoms with Gasteiger partial charge < -0.3 is 9.64 Å². The molecule has 0 fully saturated rings. The third-order valence-electron chi connectivity index (χ3n) is 2.95. The molecule has 4 heteroatoms. The first-order valence-corrected chi connectivity index (χ1v) is 6.67. The van der Waals surface area contributed by atoms with E-state index >= 15 is 0 Å². The third-order valence-corrected chi connectivity index (χ3v) is 2.95. The van der Waals surface area contributed by atoms with Crippen molar-refractivity contribution in [3.8, 4) is 0 Å². The Morgan fingerprint density at radius 1 is 1.05 bits per heavy atom. The number of carbonyl (C=O) groups is 1. The summed E-state index contributed by atoms with van der Waals surface area (Å²) in [5.41, 5.74) is 1.96. The van der Waals surface area contributed by atoms with E-state index in [0.29, 0.717) is 13.1 Å². The van der Waals surface area contributed by atoms with E-state index < -0.39 is 0 Å². The van der Waals surface area contributed by atoms with Crippen LogP contribution in [0.4, 0.5) is 4.79 Å². The van der Waals surface area contributed by atoms with Gasteiger partial charge in [0.1, 0.15) is 0 Å². The number of benzene rings is 2. The largest absolute Gasteiger partial charge is 1.00 e. The molecule has 0 aliphatic carbocycles. The van der Waals surface area contributed by atoms with Crippen LogP contribution in [-0.4, -0.2) is 17.5 Å². The third kappa shape index (κ3) is 5.59. The van der Waals surface area contributed by atoms with Crippen LogP contribution in [0.3, 0.4) is 0 Å². The zero-order valence-electron chi connectivity index (χ0n) is 12.5. The quantitative estimate of drug-likeness (QED) is 0.598. The van der Waals surface area contributed by atoms with Crippen LogP contribution >= 0.6 is 0 Å². The van der Waals surface area contributed by atoms with Gasteiger partial charge in [0.25, 0.3) is 0 Å². The number of hydrogen-bond acceptors (Lipinski definition) is 2. The minimum absolute atomic E-state index is 0. The normalized spacial score (nSPS) is 9.38. The Kier molecular flexibility index (Phi) is 7.53. The summed E-state index contributed by atoms with van der Waals surface area (Å²) in [5.74, 6) is 0. The van der Waals surface area contributed by atoms with E-state index in [1.54, 1.807) is 4.90 Å². The Bertz CT molecular complexity index is 531. The maximum absolute atomic E-state index is 12.0. The summed E-state index contributed by atoms with van der Waals surface area (Å²) in [5, 5.41) is 0. The molecule has 0 radical (unpaired) electrons. The molecule has 104 valence electrons. The molecule has 0 saturated heterocycles. The predicted octanol–water partition coefficient (Wildman–Crippen LogP) is 0.859. The van der Waals surface area contributed by atoms with Gasteiger partial charge in [0.15, 0.2) is 0 Å². The molecule has 0 bridgehead atoms. The number of carbonyl (C=O) groups excluding carboxylic acids is 1. The van der Waals surface area contributed by atoms with Crippen molar-refractivity contribution in [2.75, 3.05) is 6.54 Å². The van der Waals surface area contributed by atoms with Crippen molar-refractivity contribution in [1.82, 2.24) is 4.90 Å². The molecule has 0 saturated carbocycles. The van der Waals surface area contributed by atoms with Gasteiger partial charge in [-0.25, -0.2) is 4.79 Å². The SMILES string of the molecule is CCN(Cc1ccccc1)C(=O)O[CH-]c1ccccc1.[Li+]. The fourth-order valence-electron chi connectivity index (χ4n) is 1.83. The van der Waals surface area contributed by atoms with Gasteiger partial charge in [0.2, 0.25) is 0 Å². The Morgan fingerprint density at radius 3 is 2.19 bits per heavy atom. The van der Waals surface area contributed by atoms with Gasteiger partial charge in [-0.05, 0) is 19.1 Å². The molecule has 0 aromatic heterocycles. The van der Waals surface area contributed by atoms with E-state index in [1.165, 1.54) is 6.61 Å². The second-order valence-corrected chi connectivity index (χ2v) is 4.41. The molecule has 0 spiro atoms. The molecule has 0 aliphatic rings. The molecule has 0 heterocycles. The molecule has 0 unspecified atom stereocenters. The van der Waals surface area contributed by atoms with Crippen molar-refractivity contribution in [1.29, 1.82) is 0 Å². The van der Waals surface area contributed by atoms with Crippen molar-refractivity contribution in [2.24, 2.45) is 0 Å². The molecule has 2 rings (SSSR count). The Labute approximate surface area is 138 Å². The maximum Gasteiger partial charge on any atom is 1.00 e. The van der Waals surface area contributed by atoms with Crippen molar-refractivity contribution in [3.63, 3.8) is 0 Å². The second-order valence-electron chi connectivity index (χ2n) is 4.41. The molecule has 3 nitrogen and oxygen atoms in total. The van der Waals surface area contributed by atoms with Gasteiger partial charge in [-0.2, -0.15) is 17.7 Å². The smallest absolute Gasteiger partial charge is 0.481 e. The monoisotopic (exact) mass is 275 g/mol. The minimum atomic E-state index is -0.333. The van der Waals surface area contributed by atoms with E-state index in [0.717, 1.165) is 11.1 Å². The topological polar surface area (TPSA) is 29.5 Å². The Balaban J connectivity index is 0.00000220. The van der Waals surface area contributed by atoms with E-state index in [9.17, 15) is 4.79 Å². The van der Waals surface area contributed by atoms with E-state index in [2.05, 4.69) is 0 Å². The minimum Gasteiger partial charge on any atom is -0.481 e. The summed E-state index contributed by atoms with van der Waals surface area (Å²) >= 11 is 0. The number of rotatable bonds is 5. The fraction of sp³-hybridized carbons (Fsp3) is 0.176. The standard InChI is InChI=1S/C17H18NO2.Li/c1-2-18(13-15-9-5-3-6-10-15)17(19)20-14-16-11-7-4-8-12-16;/h3-12,14H,2,13H2,1H3;/q-1;+1. The van der Waals surface area contributed by atoms with Crippen LogP contribution in [0.1, 0.15) is 18.1 Å². The average Bonchev–Trinajstić information content (AvgIpc) is 2.52. The zero-order valence-corrected chi connectivity index (χ0v) is 12.5. The average molecular weight is 275 g/mol. The summed E-state index contributed by atoms with van der Waals surface area (Å²) in [4.78, 5) is 13.7. The van der Waals surface area contributed by atoms with Gasteiger partial charge in [0, 0.05) is 13.1 Å². The summed E-state index contributed by atoms with van der Waals surface area (Å²) < 4.78 is 5.22. The predicted molar refractivity (Wildman–Crippen MR) is 78.9 cm³/mol. The van der Waals surface area contributed by atoms with Gasteiger partial charge >= 0.3 is 25.0 Å². The van der Waals surface area contributed by atoms with Crippen LogP contribution in [0.2, 0.25) is 0 Å². The van der Waals surface area contributed by atoms with Crippen molar-refractivity contribution >= 4 is 6.09 Å². The summed E-state index contributed by atoms with van der Waals surface area (Å²) in [6.45, 7) is 4.58. The van der Waals surface area contributed by atoms with Gasteiger partial charge in [-0.15, -0.1) is 12.1 Å². The molecule has 2 aromatic carbocycles. The summed E-state index contributed by atoms with van der Waals surface area (Å²) in [6, 6.07) is 19.4. The molecule has 0 atom stereocenters. The fourth-order valence-corrected chi connectivity index (χ4v) is 1.83. The second kappa shape index (κ2) is 9.18. The van der Waals surface area contributed by atoms with Crippen LogP contribution in [0.5, 0.6) is 0 Å². The Hall–Kier alpha value is -1.82. The van der Waals surface area contributed by atoms with E-state index in [1.807, 2.05) is 67.6 Å². The van der Waals surface area contributed by atoms with E-state index in [4.69, 9.17) is 4.74 Å². The van der Waals surface area contributed by atoms with Gasteiger partial charge in [-0.3, -0.25) is 0 Å². The molecule has 0 aliphatic heterocycles. The van der Waals surface area contributed by atoms with Crippen LogP contribution < -0.4 is 18.9 Å². The summed E-state index contributed by atoms with van der Waals surface area (Å²) in [6.07, 6.45) is -0.333. The van der Waals surface area contributed by atoms with E-state index in [-0.39, 0.29) is 25.0 Å². The first-order chi connectivity index (χ1) is 9.79. The molecule has 2 aromatic rings. The van der Waals surface area contributed by atoms with Gasteiger partial charge in [-0.1, -0.05) is 36.4 Å². The number of ether oxygens (including phenoxy) is 1. The number of nitrogens with zero attached hydrogens (tertiary/aromatic N) is 1. The van der Waals surface area contributed by atoms with Crippen molar-refractivity contribution in [3.05, 3.63) is 78.4 Å². The molecular formula is C17H18LiNO2. The molecule has 1 amide bonds. The van der Waals surface area contributed by atoms with Crippen LogP contribution in [0, 0.1) is 6.61 Å². The maximum atomic E-state index is 12.0. The van der Waals surface area contributed by atoms with Gasteiger partial charge in [0.05, 0.1) is 0 Å². The van der Waals surface area contributed by atoms with Crippen LogP contribution in [0.25, 0.3) is 0 Å². The first-order valence-electron chi connectivity index (χ1n) is 6.67. The number of amides is 1. The molecule has 0 N–H and O–H groups in total. The molecule has 21 heavy (non-hydrogen) atoms.